The van der Waals surface area contributed by atoms with Crippen molar-refractivity contribution < 1.29 is 9.53 Å². The van der Waals surface area contributed by atoms with Crippen LogP contribution in [0.5, 0.6) is 5.75 Å². The van der Waals surface area contributed by atoms with E-state index in [9.17, 15) is 4.79 Å². The molecule has 4 aromatic rings. The predicted molar refractivity (Wildman–Crippen MR) is 111 cm³/mol. The summed E-state index contributed by atoms with van der Waals surface area (Å²) < 4.78 is 7.57. The Bertz CT molecular complexity index is 1110. The smallest absolute Gasteiger partial charge is 0.263 e. The largest absolute Gasteiger partial charge is 0.484 e. The normalized spacial score (nSPS) is 10.8. The van der Waals surface area contributed by atoms with Gasteiger partial charge in [0.25, 0.3) is 5.91 Å². The number of amides is 1. The molecule has 0 spiro atoms. The van der Waals surface area contributed by atoms with Gasteiger partial charge in [0.05, 0.1) is 0 Å². The molecule has 140 valence electrons. The third kappa shape index (κ3) is 3.74. The number of pyridine rings is 1. The molecule has 2 aromatic carbocycles. The lowest BCUT2D eigenvalue weighted by Gasteiger charge is -2.10. The highest BCUT2D eigenvalue weighted by molar-refractivity contribution is 5.95. The van der Waals surface area contributed by atoms with Crippen LogP contribution in [0.25, 0.3) is 16.9 Å². The van der Waals surface area contributed by atoms with Crippen LogP contribution in [-0.4, -0.2) is 21.9 Å². The van der Waals surface area contributed by atoms with Gasteiger partial charge in [0, 0.05) is 11.8 Å². The molecule has 0 fully saturated rings. The molecule has 0 saturated carbocycles. The van der Waals surface area contributed by atoms with Gasteiger partial charge in [0.15, 0.2) is 6.61 Å². The molecule has 2 heterocycles. The van der Waals surface area contributed by atoms with E-state index in [4.69, 9.17) is 4.74 Å². The van der Waals surface area contributed by atoms with Gasteiger partial charge in [-0.25, -0.2) is 4.98 Å². The Balaban J connectivity index is 1.59. The van der Waals surface area contributed by atoms with Crippen LogP contribution in [0.2, 0.25) is 0 Å². The number of rotatable bonds is 5. The van der Waals surface area contributed by atoms with Gasteiger partial charge in [-0.2, -0.15) is 0 Å². The molecule has 0 aliphatic heterocycles. The van der Waals surface area contributed by atoms with Gasteiger partial charge in [-0.1, -0.05) is 42.5 Å². The van der Waals surface area contributed by atoms with Crippen molar-refractivity contribution in [2.24, 2.45) is 0 Å². The number of carbonyl (C=O) groups is 1. The van der Waals surface area contributed by atoms with Crippen molar-refractivity contribution in [3.8, 4) is 17.0 Å². The van der Waals surface area contributed by atoms with E-state index in [1.165, 1.54) is 0 Å². The van der Waals surface area contributed by atoms with Crippen LogP contribution in [0.15, 0.2) is 72.9 Å². The summed E-state index contributed by atoms with van der Waals surface area (Å²) in [5.41, 5.74) is 4.64. The van der Waals surface area contributed by atoms with Gasteiger partial charge in [-0.05, 0) is 49.2 Å². The minimum absolute atomic E-state index is 0.0722. The molecule has 0 saturated heterocycles. The number of aryl methyl sites for hydroxylation is 2. The predicted octanol–water partition coefficient (Wildman–Crippen LogP) is 4.64. The average Bonchev–Trinajstić information content (AvgIpc) is 3.05. The highest BCUT2D eigenvalue weighted by Gasteiger charge is 2.16. The molecule has 0 aliphatic rings. The second-order valence-electron chi connectivity index (χ2n) is 6.76. The number of ether oxygens (including phenoxy) is 1. The Hall–Kier alpha value is -3.60. The third-order valence-electron chi connectivity index (χ3n) is 4.40. The zero-order valence-electron chi connectivity index (χ0n) is 15.8. The second kappa shape index (κ2) is 7.56. The number of aromatic nitrogens is 2. The number of nitrogens with zero attached hydrogens (tertiary/aromatic N) is 2. The van der Waals surface area contributed by atoms with E-state index < -0.39 is 0 Å². The van der Waals surface area contributed by atoms with Gasteiger partial charge in [0.2, 0.25) is 0 Å². The molecule has 5 nitrogen and oxygen atoms in total. The molecule has 0 unspecified atom stereocenters. The van der Waals surface area contributed by atoms with Crippen molar-refractivity contribution in [1.29, 1.82) is 0 Å². The standard InChI is InChI=1S/C23H21N3O2/c1-16-12-17(2)14-19(13-16)28-15-21(27)25-23-22(18-8-4-3-5-9-18)24-20-10-6-7-11-26(20)23/h3-14H,15H2,1-2H3,(H,25,27). The minimum Gasteiger partial charge on any atom is -0.484 e. The summed E-state index contributed by atoms with van der Waals surface area (Å²) in [6.45, 7) is 3.94. The second-order valence-corrected chi connectivity index (χ2v) is 6.76. The number of nitrogens with one attached hydrogen (secondary N) is 1. The van der Waals surface area contributed by atoms with Gasteiger partial charge in [-0.15, -0.1) is 0 Å². The van der Waals surface area contributed by atoms with Crippen molar-refractivity contribution >= 4 is 17.4 Å². The highest BCUT2D eigenvalue weighted by atomic mass is 16.5. The number of benzene rings is 2. The van der Waals surface area contributed by atoms with Crippen LogP contribution in [0.1, 0.15) is 11.1 Å². The fourth-order valence-corrected chi connectivity index (χ4v) is 3.25. The van der Waals surface area contributed by atoms with Crippen molar-refractivity contribution in [3.63, 3.8) is 0 Å². The van der Waals surface area contributed by atoms with Crippen LogP contribution in [0.3, 0.4) is 0 Å². The van der Waals surface area contributed by atoms with E-state index in [1.807, 2.05) is 85.1 Å². The molecule has 0 radical (unpaired) electrons. The lowest BCUT2D eigenvalue weighted by molar-refractivity contribution is -0.118. The maximum atomic E-state index is 12.6. The Kier molecular flexibility index (Phi) is 4.81. The third-order valence-corrected chi connectivity index (χ3v) is 4.40. The molecule has 1 amide bonds. The van der Waals surface area contributed by atoms with Crippen molar-refractivity contribution in [3.05, 3.63) is 84.1 Å². The molecule has 5 heteroatoms. The fraction of sp³-hybridized carbons (Fsp3) is 0.130. The summed E-state index contributed by atoms with van der Waals surface area (Å²) in [6.07, 6.45) is 1.88. The first-order valence-corrected chi connectivity index (χ1v) is 9.13. The Morgan fingerprint density at radius 3 is 2.46 bits per heavy atom. The first-order valence-electron chi connectivity index (χ1n) is 9.13. The molecule has 0 aliphatic carbocycles. The lowest BCUT2D eigenvalue weighted by atomic mass is 10.1. The monoisotopic (exact) mass is 371 g/mol. The summed E-state index contributed by atoms with van der Waals surface area (Å²) in [5.74, 6) is 1.09. The van der Waals surface area contributed by atoms with Crippen LogP contribution in [0.4, 0.5) is 5.82 Å². The summed E-state index contributed by atoms with van der Waals surface area (Å²) in [6, 6.07) is 21.5. The number of anilines is 1. The van der Waals surface area contributed by atoms with Gasteiger partial charge in [0.1, 0.15) is 22.9 Å². The number of carbonyl (C=O) groups excluding carboxylic acids is 1. The van der Waals surface area contributed by atoms with Gasteiger partial charge < -0.3 is 10.1 Å². The Labute approximate surface area is 163 Å². The number of hydrogen-bond acceptors (Lipinski definition) is 3. The zero-order chi connectivity index (χ0) is 19.5. The maximum absolute atomic E-state index is 12.6. The van der Waals surface area contributed by atoms with Crippen LogP contribution < -0.4 is 10.1 Å². The molecule has 4 rings (SSSR count). The molecule has 0 bridgehead atoms. The lowest BCUT2D eigenvalue weighted by Crippen LogP contribution is -2.21. The maximum Gasteiger partial charge on any atom is 0.263 e. The average molecular weight is 371 g/mol. The summed E-state index contributed by atoms with van der Waals surface area (Å²) in [7, 11) is 0. The van der Waals surface area contributed by atoms with Crippen molar-refractivity contribution in [2.45, 2.75) is 13.8 Å². The SMILES string of the molecule is Cc1cc(C)cc(OCC(=O)Nc2c(-c3ccccc3)nc3ccccn23)c1. The first kappa shape index (κ1) is 17.8. The summed E-state index contributed by atoms with van der Waals surface area (Å²) in [5, 5.41) is 2.97. The number of imidazole rings is 1. The zero-order valence-corrected chi connectivity index (χ0v) is 15.8. The molecule has 2 aromatic heterocycles. The molecule has 1 N–H and O–H groups in total. The molecule has 28 heavy (non-hydrogen) atoms. The topological polar surface area (TPSA) is 55.6 Å². The fourth-order valence-electron chi connectivity index (χ4n) is 3.25. The van der Waals surface area contributed by atoms with E-state index in [2.05, 4.69) is 16.4 Å². The highest BCUT2D eigenvalue weighted by Crippen LogP contribution is 2.28. The summed E-state index contributed by atoms with van der Waals surface area (Å²) in [4.78, 5) is 17.3. The van der Waals surface area contributed by atoms with Crippen molar-refractivity contribution in [1.82, 2.24) is 9.38 Å². The van der Waals surface area contributed by atoms with Gasteiger partial charge in [-0.3, -0.25) is 9.20 Å². The Morgan fingerprint density at radius 2 is 1.71 bits per heavy atom. The quantitative estimate of drug-likeness (QED) is 0.556. The van der Waals surface area contributed by atoms with Crippen LogP contribution in [-0.2, 0) is 4.79 Å². The van der Waals surface area contributed by atoms with E-state index >= 15 is 0 Å². The van der Waals surface area contributed by atoms with Crippen LogP contribution >= 0.6 is 0 Å². The first-order chi connectivity index (χ1) is 13.6. The van der Waals surface area contributed by atoms with Crippen LogP contribution in [0, 0.1) is 13.8 Å². The summed E-state index contributed by atoms with van der Waals surface area (Å²) >= 11 is 0. The molecular weight excluding hydrogens is 350 g/mol. The van der Waals surface area contributed by atoms with E-state index in [0.29, 0.717) is 11.6 Å². The number of hydrogen-bond donors (Lipinski definition) is 1. The van der Waals surface area contributed by atoms with E-state index in [-0.39, 0.29) is 12.5 Å². The van der Waals surface area contributed by atoms with E-state index in [0.717, 1.165) is 28.0 Å². The molecular formula is C23H21N3O2. The van der Waals surface area contributed by atoms with Gasteiger partial charge >= 0.3 is 0 Å². The van der Waals surface area contributed by atoms with E-state index in [1.54, 1.807) is 0 Å². The Morgan fingerprint density at radius 1 is 1.00 bits per heavy atom. The molecule has 0 atom stereocenters. The number of fused-ring (bicyclic) bond motifs is 1. The van der Waals surface area contributed by atoms with Crippen molar-refractivity contribution in [2.75, 3.05) is 11.9 Å². The minimum atomic E-state index is -0.234.